The number of esters is 1. The van der Waals surface area contributed by atoms with E-state index in [0.717, 1.165) is 5.56 Å². The summed E-state index contributed by atoms with van der Waals surface area (Å²) < 4.78 is 13.0. The molecule has 0 saturated carbocycles. The van der Waals surface area contributed by atoms with Gasteiger partial charge in [0, 0.05) is 17.6 Å². The second-order valence-corrected chi connectivity index (χ2v) is 7.93. The number of nitrogen functional groups attached to an aromatic ring is 1. The van der Waals surface area contributed by atoms with Crippen LogP contribution in [0, 0.1) is 12.3 Å². The second kappa shape index (κ2) is 8.36. The number of terminal acetylenes is 1. The van der Waals surface area contributed by atoms with Crippen LogP contribution >= 0.6 is 23.2 Å². The number of anilines is 1. The first-order valence-electron chi connectivity index (χ1n) is 9.34. The fourth-order valence-corrected chi connectivity index (χ4v) is 3.79. The third-order valence-electron chi connectivity index (χ3n) is 5.15. The maximum atomic E-state index is 12.3. The van der Waals surface area contributed by atoms with Crippen molar-refractivity contribution >= 4 is 46.0 Å². The van der Waals surface area contributed by atoms with E-state index in [2.05, 4.69) is 15.9 Å². The van der Waals surface area contributed by atoms with Crippen molar-refractivity contribution in [3.63, 3.8) is 0 Å². The number of aliphatic hydroxyl groups excluding tert-OH is 1. The van der Waals surface area contributed by atoms with Gasteiger partial charge in [-0.2, -0.15) is 4.98 Å². The van der Waals surface area contributed by atoms with Crippen LogP contribution < -0.4 is 5.73 Å². The van der Waals surface area contributed by atoms with Crippen LogP contribution in [0.15, 0.2) is 36.5 Å². The van der Waals surface area contributed by atoms with Gasteiger partial charge >= 0.3 is 5.97 Å². The Kier molecular flexibility index (Phi) is 5.77. The summed E-state index contributed by atoms with van der Waals surface area (Å²) in [7, 11) is 0. The lowest BCUT2D eigenvalue weighted by Crippen LogP contribution is -2.43. The molecule has 31 heavy (non-hydrogen) atoms. The molecule has 0 aliphatic carbocycles. The lowest BCUT2D eigenvalue weighted by molar-refractivity contribution is -0.155. The van der Waals surface area contributed by atoms with Gasteiger partial charge < -0.3 is 24.9 Å². The minimum atomic E-state index is -1.50. The second-order valence-electron chi connectivity index (χ2n) is 7.16. The third kappa shape index (κ3) is 4.18. The van der Waals surface area contributed by atoms with Crippen molar-refractivity contribution in [1.82, 2.24) is 14.5 Å². The molecule has 1 fully saturated rings. The van der Waals surface area contributed by atoms with E-state index in [9.17, 15) is 9.90 Å². The normalized spacial score (nSPS) is 23.0. The third-order valence-corrected chi connectivity index (χ3v) is 5.57. The molecule has 1 aliphatic heterocycles. The van der Waals surface area contributed by atoms with E-state index in [0.29, 0.717) is 16.1 Å². The number of rotatable bonds is 5. The minimum absolute atomic E-state index is 0.0113. The number of ether oxygens (including phenoxy) is 2. The van der Waals surface area contributed by atoms with Gasteiger partial charge in [-0.15, -0.1) is 6.42 Å². The highest BCUT2D eigenvalue weighted by atomic mass is 35.5. The zero-order valence-corrected chi connectivity index (χ0v) is 17.7. The molecule has 2 aromatic heterocycles. The zero-order valence-electron chi connectivity index (χ0n) is 16.2. The molecular weight excluding hydrogens is 443 g/mol. The van der Waals surface area contributed by atoms with Crippen molar-refractivity contribution in [3.05, 3.63) is 52.4 Å². The number of aromatic nitrogens is 3. The zero-order chi connectivity index (χ0) is 22.2. The number of carbonyl (C=O) groups excluding carboxylic acids is 1. The minimum Gasteiger partial charge on any atom is -0.461 e. The van der Waals surface area contributed by atoms with Crippen LogP contribution in [0.3, 0.4) is 0 Å². The van der Waals surface area contributed by atoms with Crippen molar-refractivity contribution in [2.45, 2.75) is 30.8 Å². The molecule has 1 saturated heterocycles. The summed E-state index contributed by atoms with van der Waals surface area (Å²) in [5, 5.41) is 11.8. The Balaban J connectivity index is 1.49. The average molecular weight is 461 g/mol. The number of hydrogen-bond acceptors (Lipinski definition) is 7. The first-order valence-corrected chi connectivity index (χ1v) is 10.1. The van der Waals surface area contributed by atoms with Crippen LogP contribution in [0.25, 0.3) is 11.0 Å². The molecule has 0 unspecified atom stereocenters. The van der Waals surface area contributed by atoms with E-state index < -0.39 is 23.9 Å². The molecule has 0 bridgehead atoms. The largest absolute Gasteiger partial charge is 0.461 e. The molecule has 8 nitrogen and oxygen atoms in total. The summed E-state index contributed by atoms with van der Waals surface area (Å²) in [6.45, 7) is -0.301. The quantitative estimate of drug-likeness (QED) is 0.341. The standard InChI is InChI=1S/C21H18Cl2N4O4/c1-2-21(11-30-17(29)9-12-3-5-13(22)6-4-12)15(28)10-16(31-21)27-8-7-14-18(24)25-20(23)26-19(14)27/h1,3-8,15-16,28H,9-11H2,(H2,24,25,26)/t15-,16+,21+/m0/s1. The molecule has 0 radical (unpaired) electrons. The number of fused-ring (bicyclic) bond motifs is 1. The SMILES string of the molecule is C#C[C@]1(COC(=O)Cc2ccc(Cl)cc2)O[C@@H](n2ccc3c(N)nc(Cl)nc32)C[C@@H]1O. The predicted octanol–water partition coefficient (Wildman–Crippen LogP) is 2.76. The molecule has 4 rings (SSSR count). The molecule has 1 aliphatic rings. The molecule has 3 N–H and O–H groups in total. The molecule has 10 heteroatoms. The molecular formula is C21H18Cl2N4O4. The molecule has 3 atom stereocenters. The highest BCUT2D eigenvalue weighted by molar-refractivity contribution is 6.30. The summed E-state index contributed by atoms with van der Waals surface area (Å²) in [5.41, 5.74) is 5.58. The van der Waals surface area contributed by atoms with Gasteiger partial charge in [0.05, 0.1) is 11.8 Å². The Hall–Kier alpha value is -2.83. The van der Waals surface area contributed by atoms with Gasteiger partial charge in [0.1, 0.15) is 30.4 Å². The van der Waals surface area contributed by atoms with Gasteiger partial charge in [-0.25, -0.2) is 4.98 Å². The number of carbonyl (C=O) groups is 1. The smallest absolute Gasteiger partial charge is 0.310 e. The van der Waals surface area contributed by atoms with Crippen molar-refractivity contribution < 1.29 is 19.4 Å². The Morgan fingerprint density at radius 1 is 1.35 bits per heavy atom. The van der Waals surface area contributed by atoms with Gasteiger partial charge in [-0.1, -0.05) is 29.7 Å². The van der Waals surface area contributed by atoms with Crippen LogP contribution in [0.2, 0.25) is 10.3 Å². The van der Waals surface area contributed by atoms with E-state index in [1.807, 2.05) is 0 Å². The molecule has 0 spiro atoms. The highest BCUT2D eigenvalue weighted by Gasteiger charge is 2.49. The van der Waals surface area contributed by atoms with E-state index >= 15 is 0 Å². The average Bonchev–Trinajstić information content (AvgIpc) is 3.29. The van der Waals surface area contributed by atoms with Crippen molar-refractivity contribution in [3.8, 4) is 12.3 Å². The number of aliphatic hydroxyl groups is 1. The van der Waals surface area contributed by atoms with E-state index in [1.165, 1.54) is 0 Å². The van der Waals surface area contributed by atoms with Gasteiger partial charge in [0.15, 0.2) is 5.60 Å². The van der Waals surface area contributed by atoms with Crippen LogP contribution in [0.1, 0.15) is 18.2 Å². The molecule has 1 aromatic carbocycles. The highest BCUT2D eigenvalue weighted by Crippen LogP contribution is 2.39. The fourth-order valence-electron chi connectivity index (χ4n) is 3.49. The summed E-state index contributed by atoms with van der Waals surface area (Å²) >= 11 is 11.8. The first kappa shape index (κ1) is 21.4. The van der Waals surface area contributed by atoms with Crippen molar-refractivity contribution in [1.29, 1.82) is 0 Å². The number of halogens is 2. The lowest BCUT2D eigenvalue weighted by atomic mass is 9.99. The number of nitrogens with zero attached hydrogens (tertiary/aromatic N) is 3. The number of nitrogens with two attached hydrogens (primary N) is 1. The van der Waals surface area contributed by atoms with E-state index in [1.54, 1.807) is 41.1 Å². The van der Waals surface area contributed by atoms with Crippen LogP contribution in [-0.4, -0.2) is 43.9 Å². The predicted molar refractivity (Wildman–Crippen MR) is 115 cm³/mol. The Labute approximate surface area is 187 Å². The monoisotopic (exact) mass is 460 g/mol. The number of hydrogen-bond donors (Lipinski definition) is 2. The van der Waals surface area contributed by atoms with Gasteiger partial charge in [0.2, 0.25) is 5.28 Å². The Bertz CT molecular complexity index is 1170. The molecule has 3 heterocycles. The van der Waals surface area contributed by atoms with Crippen LogP contribution in [0.4, 0.5) is 5.82 Å². The van der Waals surface area contributed by atoms with E-state index in [-0.39, 0.29) is 30.5 Å². The van der Waals surface area contributed by atoms with Crippen LogP contribution in [0.5, 0.6) is 0 Å². The molecule has 3 aromatic rings. The maximum Gasteiger partial charge on any atom is 0.310 e. The Morgan fingerprint density at radius 3 is 2.81 bits per heavy atom. The van der Waals surface area contributed by atoms with Crippen molar-refractivity contribution in [2.24, 2.45) is 0 Å². The summed E-state index contributed by atoms with van der Waals surface area (Å²) in [6, 6.07) is 8.55. The maximum absolute atomic E-state index is 12.3. The van der Waals surface area contributed by atoms with E-state index in [4.69, 9.17) is 44.8 Å². The summed E-state index contributed by atoms with van der Waals surface area (Å²) in [4.78, 5) is 20.4. The lowest BCUT2D eigenvalue weighted by Gasteiger charge is -2.26. The van der Waals surface area contributed by atoms with Crippen LogP contribution in [-0.2, 0) is 20.7 Å². The number of benzene rings is 1. The molecule has 0 amide bonds. The first-order chi connectivity index (χ1) is 14.8. The Morgan fingerprint density at radius 2 is 2.10 bits per heavy atom. The topological polar surface area (TPSA) is 112 Å². The summed E-state index contributed by atoms with van der Waals surface area (Å²) in [6.07, 6.45) is 5.83. The van der Waals surface area contributed by atoms with Gasteiger partial charge in [-0.3, -0.25) is 4.79 Å². The van der Waals surface area contributed by atoms with Gasteiger partial charge in [-0.05, 0) is 35.4 Å². The molecule has 160 valence electrons. The van der Waals surface area contributed by atoms with Crippen molar-refractivity contribution in [2.75, 3.05) is 12.3 Å². The van der Waals surface area contributed by atoms with Gasteiger partial charge in [0.25, 0.3) is 0 Å². The summed E-state index contributed by atoms with van der Waals surface area (Å²) in [5.74, 6) is 2.18. The fraction of sp³-hybridized carbons (Fsp3) is 0.286.